The van der Waals surface area contributed by atoms with Gasteiger partial charge in [-0.3, -0.25) is 19.3 Å². The number of aryl methyl sites for hydroxylation is 1. The normalized spacial score (nSPS) is 13.4. The van der Waals surface area contributed by atoms with E-state index in [1.165, 1.54) is 21.8 Å². The molecule has 17 heteroatoms. The maximum absolute atomic E-state index is 13.1. The Balaban J connectivity index is 1.23. The molecule has 4 aromatic rings. The monoisotopic (exact) mass is 628 g/mol. The van der Waals surface area contributed by atoms with Crippen LogP contribution in [0.2, 0.25) is 0 Å². The number of halogens is 3. The number of alkyl halides is 3. The van der Waals surface area contributed by atoms with Crippen molar-refractivity contribution in [3.8, 4) is 11.5 Å². The molecule has 0 atom stereocenters. The van der Waals surface area contributed by atoms with E-state index in [-0.39, 0.29) is 39.6 Å². The molecule has 5 rings (SSSR count). The number of hydrogen-bond donors (Lipinski definition) is 2. The number of carboxylic acid groups (broad SMARTS) is 1. The minimum atomic E-state index is -4.80. The van der Waals surface area contributed by atoms with Gasteiger partial charge in [0, 0.05) is 38.4 Å². The summed E-state index contributed by atoms with van der Waals surface area (Å²) in [6, 6.07) is 11.7. The summed E-state index contributed by atoms with van der Waals surface area (Å²) in [6.45, 7) is 0.122. The molecule has 0 saturated carbocycles. The zero-order chi connectivity index (χ0) is 32.1. The van der Waals surface area contributed by atoms with E-state index in [4.69, 9.17) is 9.15 Å². The quantitative estimate of drug-likeness (QED) is 0.232. The smallest absolute Gasteiger partial charge is 0.413 e. The van der Waals surface area contributed by atoms with Gasteiger partial charge in [-0.25, -0.2) is 19.6 Å². The summed E-state index contributed by atoms with van der Waals surface area (Å²) in [5.41, 5.74) is 1.16. The first kappa shape index (κ1) is 31.0. The Kier molecular flexibility index (Phi) is 8.98. The largest absolute Gasteiger partial charge is 0.465 e. The lowest BCUT2D eigenvalue weighted by molar-refractivity contribution is -0.119. The van der Waals surface area contributed by atoms with Crippen molar-refractivity contribution in [1.82, 2.24) is 24.6 Å². The summed E-state index contributed by atoms with van der Waals surface area (Å²) >= 11 is 0. The molecule has 1 saturated heterocycles. The van der Waals surface area contributed by atoms with Crippen molar-refractivity contribution < 1.29 is 41.8 Å². The second-order valence-corrected chi connectivity index (χ2v) is 9.88. The van der Waals surface area contributed by atoms with Crippen molar-refractivity contribution >= 4 is 35.4 Å². The Hall–Kier alpha value is -5.45. The lowest BCUT2D eigenvalue weighted by Gasteiger charge is -2.19. The Labute approximate surface area is 253 Å². The molecule has 2 N–H and O–H groups in total. The van der Waals surface area contributed by atoms with Gasteiger partial charge in [0.2, 0.25) is 5.89 Å². The van der Waals surface area contributed by atoms with E-state index in [1.807, 2.05) is 30.3 Å². The van der Waals surface area contributed by atoms with E-state index >= 15 is 0 Å². The maximum Gasteiger partial charge on any atom is 0.413 e. The molecule has 4 heterocycles. The highest BCUT2D eigenvalue weighted by Crippen LogP contribution is 2.29. The Morgan fingerprint density at radius 2 is 1.96 bits per heavy atom. The van der Waals surface area contributed by atoms with Gasteiger partial charge in [-0.1, -0.05) is 30.3 Å². The summed E-state index contributed by atoms with van der Waals surface area (Å²) < 4.78 is 51.2. The minimum absolute atomic E-state index is 0.0303. The van der Waals surface area contributed by atoms with Crippen molar-refractivity contribution in [1.29, 1.82) is 0 Å². The summed E-state index contributed by atoms with van der Waals surface area (Å²) in [5.74, 6) is -1.15. The minimum Gasteiger partial charge on any atom is -0.465 e. The van der Waals surface area contributed by atoms with Crippen LogP contribution in [0, 0.1) is 0 Å². The van der Waals surface area contributed by atoms with E-state index in [2.05, 4.69) is 20.4 Å². The number of ether oxygens (including phenoxy) is 1. The van der Waals surface area contributed by atoms with Crippen LogP contribution in [-0.2, 0) is 18.4 Å². The molecule has 0 aliphatic carbocycles. The molecule has 0 radical (unpaired) electrons. The third-order valence-corrected chi connectivity index (χ3v) is 6.60. The number of benzene rings is 1. The fourth-order valence-corrected chi connectivity index (χ4v) is 4.51. The number of carbonyl (C=O) groups excluding carboxylic acids is 2. The van der Waals surface area contributed by atoms with Crippen molar-refractivity contribution in [2.45, 2.75) is 12.8 Å². The second-order valence-electron chi connectivity index (χ2n) is 9.88. The highest BCUT2D eigenvalue weighted by molar-refractivity contribution is 6.06. The number of amides is 4. The number of urea groups is 1. The number of oxazole rings is 1. The van der Waals surface area contributed by atoms with Crippen LogP contribution in [0.25, 0.3) is 11.5 Å². The standard InChI is InChI=1S/C28H27F3N8O6/c1-36-14-20(23(35-36)38-10-9-37(26(38)41)11-12-44-15-18-5-3-2-4-6-18)33-24(40)21-16-45-25(34-21)19-7-8-32-22(13-19)39(27(42)43)17-28(29,30)31/h2-8,13-14,16H,9-12,15,17H2,1H3,(H,33,40)(H,42,43). The molecule has 1 aliphatic heterocycles. The number of aromatic nitrogens is 4. The zero-order valence-corrected chi connectivity index (χ0v) is 23.8. The average Bonchev–Trinajstić information content (AvgIpc) is 3.73. The number of nitrogens with one attached hydrogen (secondary N) is 1. The predicted octanol–water partition coefficient (Wildman–Crippen LogP) is 4.23. The molecular formula is C28H27F3N8O6. The first-order valence-electron chi connectivity index (χ1n) is 13.5. The lowest BCUT2D eigenvalue weighted by atomic mass is 10.2. The molecule has 1 aromatic carbocycles. The van der Waals surface area contributed by atoms with Gasteiger partial charge in [0.25, 0.3) is 5.91 Å². The highest BCUT2D eigenvalue weighted by atomic mass is 19.4. The topological polar surface area (TPSA) is 159 Å². The Morgan fingerprint density at radius 1 is 1.18 bits per heavy atom. The van der Waals surface area contributed by atoms with Gasteiger partial charge in [0.05, 0.1) is 19.4 Å². The van der Waals surface area contributed by atoms with Crippen LogP contribution >= 0.6 is 0 Å². The van der Waals surface area contributed by atoms with Gasteiger partial charge < -0.3 is 24.5 Å². The SMILES string of the molecule is Cn1cc(NC(=O)c2coc(-c3ccnc(N(CC(F)(F)F)C(=O)O)c3)n2)c(N2CCN(CCOCc3ccccc3)C2=O)n1. The van der Waals surface area contributed by atoms with Gasteiger partial charge >= 0.3 is 18.3 Å². The van der Waals surface area contributed by atoms with E-state index in [0.29, 0.717) is 32.8 Å². The van der Waals surface area contributed by atoms with Crippen molar-refractivity contribution in [2.75, 3.05) is 47.9 Å². The van der Waals surface area contributed by atoms with E-state index in [0.717, 1.165) is 24.1 Å². The molecular weight excluding hydrogens is 601 g/mol. The van der Waals surface area contributed by atoms with Crippen LogP contribution in [0.5, 0.6) is 0 Å². The van der Waals surface area contributed by atoms with E-state index in [1.54, 1.807) is 11.9 Å². The summed E-state index contributed by atoms with van der Waals surface area (Å²) in [6.07, 6.45) is -3.01. The zero-order valence-electron chi connectivity index (χ0n) is 23.8. The third-order valence-electron chi connectivity index (χ3n) is 6.60. The number of anilines is 3. The summed E-state index contributed by atoms with van der Waals surface area (Å²) in [5, 5.41) is 16.2. The maximum atomic E-state index is 13.1. The predicted molar refractivity (Wildman–Crippen MR) is 153 cm³/mol. The molecule has 0 bridgehead atoms. The van der Waals surface area contributed by atoms with Crippen molar-refractivity contribution in [3.63, 3.8) is 0 Å². The Morgan fingerprint density at radius 3 is 2.69 bits per heavy atom. The van der Waals surface area contributed by atoms with Gasteiger partial charge in [-0.2, -0.15) is 18.3 Å². The molecule has 0 spiro atoms. The number of rotatable bonds is 11. The van der Waals surface area contributed by atoms with Crippen LogP contribution in [-0.4, -0.2) is 86.7 Å². The number of nitrogens with zero attached hydrogens (tertiary/aromatic N) is 7. The average molecular weight is 629 g/mol. The molecule has 4 amide bonds. The molecule has 236 valence electrons. The molecule has 1 aliphatic rings. The third kappa shape index (κ3) is 7.56. The van der Waals surface area contributed by atoms with Crippen LogP contribution in [0.4, 0.5) is 40.1 Å². The molecule has 1 fully saturated rings. The summed E-state index contributed by atoms with van der Waals surface area (Å²) in [7, 11) is 1.63. The first-order chi connectivity index (χ1) is 21.5. The van der Waals surface area contributed by atoms with Gasteiger partial charge in [0.15, 0.2) is 11.5 Å². The van der Waals surface area contributed by atoms with Gasteiger partial charge in [0.1, 0.15) is 24.3 Å². The molecule has 0 unspecified atom stereocenters. The van der Waals surface area contributed by atoms with Crippen LogP contribution in [0.1, 0.15) is 16.1 Å². The number of hydrogen-bond acceptors (Lipinski definition) is 8. The van der Waals surface area contributed by atoms with Gasteiger partial charge in [-0.15, -0.1) is 0 Å². The van der Waals surface area contributed by atoms with Crippen LogP contribution < -0.4 is 15.1 Å². The highest BCUT2D eigenvalue weighted by Gasteiger charge is 2.35. The van der Waals surface area contributed by atoms with Gasteiger partial charge in [-0.05, 0) is 17.7 Å². The molecule has 3 aromatic heterocycles. The van der Waals surface area contributed by atoms with Crippen LogP contribution in [0.15, 0.2) is 65.5 Å². The van der Waals surface area contributed by atoms with E-state index in [9.17, 15) is 32.7 Å². The lowest BCUT2D eigenvalue weighted by Crippen LogP contribution is -2.38. The number of pyridine rings is 1. The van der Waals surface area contributed by atoms with Crippen LogP contribution in [0.3, 0.4) is 0 Å². The first-order valence-corrected chi connectivity index (χ1v) is 13.5. The fourth-order valence-electron chi connectivity index (χ4n) is 4.51. The fraction of sp³-hybridized carbons (Fsp3) is 0.286. The summed E-state index contributed by atoms with van der Waals surface area (Å²) in [4.78, 5) is 48.5. The molecule has 14 nitrogen and oxygen atoms in total. The van der Waals surface area contributed by atoms with Crippen molar-refractivity contribution in [3.05, 3.63) is 72.4 Å². The Bertz CT molecular complexity index is 1680. The molecule has 45 heavy (non-hydrogen) atoms. The van der Waals surface area contributed by atoms with E-state index < -0.39 is 30.5 Å². The second kappa shape index (κ2) is 13.0. The van der Waals surface area contributed by atoms with Crippen molar-refractivity contribution in [2.24, 2.45) is 7.05 Å². The number of carbonyl (C=O) groups is 3.